The van der Waals surface area contributed by atoms with Crippen LogP contribution in [0.1, 0.15) is 95.3 Å². The molecule has 0 spiro atoms. The van der Waals surface area contributed by atoms with E-state index in [1.165, 1.54) is 38.5 Å². The van der Waals surface area contributed by atoms with Gasteiger partial charge in [0.15, 0.2) is 11.5 Å². The number of hydrogen-bond acceptors (Lipinski definition) is 4. The molecule has 0 aliphatic heterocycles. The number of ether oxygens (including phenoxy) is 3. The Balaban J connectivity index is 1.97. The minimum absolute atomic E-state index is 0.124. The van der Waals surface area contributed by atoms with Gasteiger partial charge in [-0.3, -0.25) is 4.79 Å². The zero-order chi connectivity index (χ0) is 21.3. The highest BCUT2D eigenvalue weighted by Gasteiger charge is 2.34. The van der Waals surface area contributed by atoms with Crippen molar-refractivity contribution in [3.63, 3.8) is 0 Å². The number of carbonyl (C=O) groups is 1. The van der Waals surface area contributed by atoms with Crippen molar-refractivity contribution < 1.29 is 19.0 Å². The third kappa shape index (κ3) is 5.41. The van der Waals surface area contributed by atoms with E-state index in [2.05, 4.69) is 4.90 Å². The smallest absolute Gasteiger partial charge is 0.254 e. The summed E-state index contributed by atoms with van der Waals surface area (Å²) in [5.41, 5.74) is 0.654. The Kier molecular flexibility index (Phi) is 8.71. The van der Waals surface area contributed by atoms with Crippen LogP contribution < -0.4 is 14.2 Å². The maximum absolute atomic E-state index is 13.9. The predicted molar refractivity (Wildman–Crippen MR) is 120 cm³/mol. The van der Waals surface area contributed by atoms with Crippen molar-refractivity contribution >= 4 is 5.91 Å². The van der Waals surface area contributed by atoms with E-state index in [9.17, 15) is 4.79 Å². The summed E-state index contributed by atoms with van der Waals surface area (Å²) in [7, 11) is 0. The summed E-state index contributed by atoms with van der Waals surface area (Å²) in [4.78, 5) is 16.1. The highest BCUT2D eigenvalue weighted by molar-refractivity contribution is 5.96. The second kappa shape index (κ2) is 11.5. The predicted octanol–water partition coefficient (Wildman–Crippen LogP) is 5.99. The number of carbonyl (C=O) groups excluding carboxylic acids is 1. The third-order valence-electron chi connectivity index (χ3n) is 6.33. The summed E-state index contributed by atoms with van der Waals surface area (Å²) in [6.45, 7) is 7.38. The van der Waals surface area contributed by atoms with Gasteiger partial charge in [-0.05, 0) is 58.6 Å². The van der Waals surface area contributed by atoms with E-state index in [1.807, 2.05) is 32.9 Å². The Hall–Kier alpha value is -1.91. The third-order valence-corrected chi connectivity index (χ3v) is 6.33. The van der Waals surface area contributed by atoms with Crippen LogP contribution >= 0.6 is 0 Å². The molecule has 3 rings (SSSR count). The van der Waals surface area contributed by atoms with E-state index >= 15 is 0 Å². The lowest BCUT2D eigenvalue weighted by atomic mass is 9.88. The molecule has 30 heavy (non-hydrogen) atoms. The fourth-order valence-electron chi connectivity index (χ4n) is 5.01. The molecule has 2 fully saturated rings. The van der Waals surface area contributed by atoms with Gasteiger partial charge in [0.2, 0.25) is 5.75 Å². The average molecular weight is 418 g/mol. The fraction of sp³-hybridized carbons (Fsp3) is 0.720. The SMILES string of the molecule is CCOc1cc(C(=O)N(C2CCCCC2)C2CCCCC2)cc(OCC)c1OCC. The summed E-state index contributed by atoms with van der Waals surface area (Å²) in [5.74, 6) is 1.92. The zero-order valence-electron chi connectivity index (χ0n) is 19.1. The molecule has 0 N–H and O–H groups in total. The highest BCUT2D eigenvalue weighted by atomic mass is 16.5. The molecule has 5 nitrogen and oxygen atoms in total. The molecule has 2 saturated carbocycles. The van der Waals surface area contributed by atoms with Crippen LogP contribution in [0.3, 0.4) is 0 Å². The van der Waals surface area contributed by atoms with Crippen LogP contribution in [0.2, 0.25) is 0 Å². The van der Waals surface area contributed by atoms with Gasteiger partial charge >= 0.3 is 0 Å². The van der Waals surface area contributed by atoms with Gasteiger partial charge in [0.05, 0.1) is 19.8 Å². The molecule has 0 atom stereocenters. The maximum Gasteiger partial charge on any atom is 0.254 e. The van der Waals surface area contributed by atoms with Crippen LogP contribution in [-0.2, 0) is 0 Å². The van der Waals surface area contributed by atoms with Crippen LogP contribution in [0, 0.1) is 0 Å². The molecule has 0 heterocycles. The van der Waals surface area contributed by atoms with E-state index in [4.69, 9.17) is 14.2 Å². The van der Waals surface area contributed by atoms with Crippen LogP contribution in [-0.4, -0.2) is 42.7 Å². The van der Waals surface area contributed by atoms with Crippen LogP contribution in [0.15, 0.2) is 12.1 Å². The molecule has 2 aliphatic rings. The molecular formula is C25H39NO4. The monoisotopic (exact) mass is 417 g/mol. The first-order chi connectivity index (χ1) is 14.7. The molecular weight excluding hydrogens is 378 g/mol. The topological polar surface area (TPSA) is 48.0 Å². The lowest BCUT2D eigenvalue weighted by Gasteiger charge is -2.42. The van der Waals surface area contributed by atoms with Crippen LogP contribution in [0.5, 0.6) is 17.2 Å². The largest absolute Gasteiger partial charge is 0.490 e. The Morgan fingerprint density at radius 1 is 0.767 bits per heavy atom. The van der Waals surface area contributed by atoms with Gasteiger partial charge in [0.1, 0.15) is 0 Å². The average Bonchev–Trinajstić information content (AvgIpc) is 2.78. The van der Waals surface area contributed by atoms with Gasteiger partial charge in [-0.2, -0.15) is 0 Å². The van der Waals surface area contributed by atoms with Gasteiger partial charge < -0.3 is 19.1 Å². The van der Waals surface area contributed by atoms with Crippen molar-refractivity contribution in [3.05, 3.63) is 17.7 Å². The van der Waals surface area contributed by atoms with E-state index < -0.39 is 0 Å². The summed E-state index contributed by atoms with van der Waals surface area (Å²) in [5, 5.41) is 0. The molecule has 0 aromatic heterocycles. The lowest BCUT2D eigenvalue weighted by molar-refractivity contribution is 0.0447. The van der Waals surface area contributed by atoms with Gasteiger partial charge in [0, 0.05) is 17.6 Å². The number of rotatable bonds is 9. The normalized spacial score (nSPS) is 18.1. The number of nitrogens with zero attached hydrogens (tertiary/aromatic N) is 1. The van der Waals surface area contributed by atoms with E-state index in [0.717, 1.165) is 25.7 Å². The minimum atomic E-state index is 0.124. The van der Waals surface area contributed by atoms with E-state index in [1.54, 1.807) is 0 Å². The van der Waals surface area contributed by atoms with Crippen molar-refractivity contribution in [1.29, 1.82) is 0 Å². The number of amides is 1. The molecule has 1 aromatic rings. The van der Waals surface area contributed by atoms with Crippen molar-refractivity contribution in [3.8, 4) is 17.2 Å². The Morgan fingerprint density at radius 3 is 1.60 bits per heavy atom. The van der Waals surface area contributed by atoms with Crippen molar-refractivity contribution in [2.75, 3.05) is 19.8 Å². The summed E-state index contributed by atoms with van der Waals surface area (Å²) >= 11 is 0. The second-order valence-corrected chi connectivity index (χ2v) is 8.40. The standard InChI is InChI=1S/C25H39NO4/c1-4-28-22-17-19(18-23(29-5-2)24(22)30-6-3)25(27)26(20-13-9-7-10-14-20)21-15-11-8-12-16-21/h17-18,20-21H,4-16H2,1-3H3. The van der Waals surface area contributed by atoms with Gasteiger partial charge in [-0.1, -0.05) is 38.5 Å². The summed E-state index contributed by atoms with van der Waals surface area (Å²) < 4.78 is 17.6. The highest BCUT2D eigenvalue weighted by Crippen LogP contribution is 2.40. The first-order valence-corrected chi connectivity index (χ1v) is 12.1. The first-order valence-electron chi connectivity index (χ1n) is 12.1. The van der Waals surface area contributed by atoms with Crippen molar-refractivity contribution in [2.45, 2.75) is 97.1 Å². The Labute approximate surface area is 182 Å². The Bertz CT molecular complexity index is 633. The fourth-order valence-corrected chi connectivity index (χ4v) is 5.01. The number of hydrogen-bond donors (Lipinski definition) is 0. The molecule has 0 saturated heterocycles. The second-order valence-electron chi connectivity index (χ2n) is 8.40. The molecule has 2 aliphatic carbocycles. The molecule has 1 amide bonds. The molecule has 0 unspecified atom stereocenters. The molecule has 0 bridgehead atoms. The lowest BCUT2D eigenvalue weighted by Crippen LogP contribution is -2.48. The van der Waals surface area contributed by atoms with Gasteiger partial charge in [-0.25, -0.2) is 0 Å². The first kappa shape index (κ1) is 22.8. The van der Waals surface area contributed by atoms with Crippen molar-refractivity contribution in [2.24, 2.45) is 0 Å². The molecule has 168 valence electrons. The quantitative estimate of drug-likeness (QED) is 0.495. The van der Waals surface area contributed by atoms with E-state index in [-0.39, 0.29) is 5.91 Å². The number of benzene rings is 1. The Morgan fingerprint density at radius 2 is 1.20 bits per heavy atom. The maximum atomic E-state index is 13.9. The molecule has 5 heteroatoms. The molecule has 1 aromatic carbocycles. The van der Waals surface area contributed by atoms with Crippen LogP contribution in [0.25, 0.3) is 0 Å². The van der Waals surface area contributed by atoms with Crippen molar-refractivity contribution in [1.82, 2.24) is 4.90 Å². The van der Waals surface area contributed by atoms with Gasteiger partial charge in [-0.15, -0.1) is 0 Å². The van der Waals surface area contributed by atoms with Gasteiger partial charge in [0.25, 0.3) is 5.91 Å². The van der Waals surface area contributed by atoms with Crippen LogP contribution in [0.4, 0.5) is 0 Å². The van der Waals surface area contributed by atoms with E-state index in [0.29, 0.717) is 54.7 Å². The zero-order valence-corrected chi connectivity index (χ0v) is 19.1. The molecule has 0 radical (unpaired) electrons. The summed E-state index contributed by atoms with van der Waals surface area (Å²) in [6.07, 6.45) is 11.9. The summed E-state index contributed by atoms with van der Waals surface area (Å²) in [6, 6.07) is 4.43. The minimum Gasteiger partial charge on any atom is -0.490 e.